The van der Waals surface area contributed by atoms with Crippen LogP contribution in [0.5, 0.6) is 0 Å². The van der Waals surface area contributed by atoms with E-state index >= 15 is 0 Å². The highest BCUT2D eigenvalue weighted by molar-refractivity contribution is 6.04. The minimum Gasteiger partial charge on any atom is -0.344 e. The molecule has 0 saturated carbocycles. The number of likely N-dealkylation sites (N-methyl/N-ethyl adjacent to an activating group) is 2. The molecule has 0 spiro atoms. The molecule has 0 aliphatic carbocycles. The van der Waals surface area contributed by atoms with E-state index in [4.69, 9.17) is 5.73 Å². The van der Waals surface area contributed by atoms with Gasteiger partial charge in [-0.3, -0.25) is 14.5 Å². The van der Waals surface area contributed by atoms with Crippen LogP contribution in [0.3, 0.4) is 0 Å². The van der Waals surface area contributed by atoms with Gasteiger partial charge in [0.15, 0.2) is 0 Å². The second-order valence-electron chi connectivity index (χ2n) is 4.08. The standard InChI is InChI=1S/C10H18N4O3/c1-12(5-3-4-11)8(15)7-14-9(16)6-13(2)10(14)17/h3-7,11H2,1-2H3. The van der Waals surface area contributed by atoms with Crippen molar-refractivity contribution in [3.8, 4) is 0 Å². The van der Waals surface area contributed by atoms with Gasteiger partial charge >= 0.3 is 6.03 Å². The molecule has 7 heteroatoms. The summed E-state index contributed by atoms with van der Waals surface area (Å²) in [5.74, 6) is -0.589. The van der Waals surface area contributed by atoms with Crippen molar-refractivity contribution in [2.75, 3.05) is 40.3 Å². The van der Waals surface area contributed by atoms with E-state index in [1.807, 2.05) is 0 Å². The Labute approximate surface area is 100 Å². The van der Waals surface area contributed by atoms with Crippen molar-refractivity contribution in [3.05, 3.63) is 0 Å². The zero-order valence-corrected chi connectivity index (χ0v) is 10.2. The number of rotatable bonds is 5. The van der Waals surface area contributed by atoms with Gasteiger partial charge in [0.25, 0.3) is 5.91 Å². The summed E-state index contributed by atoms with van der Waals surface area (Å²) in [4.78, 5) is 38.4. The van der Waals surface area contributed by atoms with Gasteiger partial charge in [0.1, 0.15) is 13.1 Å². The van der Waals surface area contributed by atoms with Crippen LogP contribution in [-0.4, -0.2) is 72.8 Å². The van der Waals surface area contributed by atoms with E-state index in [0.717, 1.165) is 4.90 Å². The molecule has 96 valence electrons. The van der Waals surface area contributed by atoms with Crippen molar-refractivity contribution in [1.82, 2.24) is 14.7 Å². The lowest BCUT2D eigenvalue weighted by atomic mass is 10.3. The molecule has 0 radical (unpaired) electrons. The number of nitrogens with two attached hydrogens (primary N) is 1. The van der Waals surface area contributed by atoms with Crippen LogP contribution >= 0.6 is 0 Å². The fourth-order valence-electron chi connectivity index (χ4n) is 1.53. The van der Waals surface area contributed by atoms with Crippen LogP contribution < -0.4 is 5.73 Å². The molecule has 0 aromatic rings. The van der Waals surface area contributed by atoms with Crippen LogP contribution in [0.4, 0.5) is 4.79 Å². The maximum Gasteiger partial charge on any atom is 0.327 e. The first kappa shape index (κ1) is 13.4. The predicted octanol–water partition coefficient (Wildman–Crippen LogP) is -1.31. The van der Waals surface area contributed by atoms with Gasteiger partial charge < -0.3 is 15.5 Å². The van der Waals surface area contributed by atoms with Crippen LogP contribution in [-0.2, 0) is 9.59 Å². The Morgan fingerprint density at radius 2 is 2.12 bits per heavy atom. The fourth-order valence-corrected chi connectivity index (χ4v) is 1.53. The Hall–Kier alpha value is -1.63. The quantitative estimate of drug-likeness (QED) is 0.606. The molecular formula is C10H18N4O3. The van der Waals surface area contributed by atoms with Crippen molar-refractivity contribution < 1.29 is 14.4 Å². The molecule has 2 N–H and O–H groups in total. The van der Waals surface area contributed by atoms with Gasteiger partial charge in [0.05, 0.1) is 0 Å². The van der Waals surface area contributed by atoms with Crippen molar-refractivity contribution in [3.63, 3.8) is 0 Å². The molecule has 1 aliphatic rings. The number of hydrogen-bond acceptors (Lipinski definition) is 4. The van der Waals surface area contributed by atoms with Gasteiger partial charge in [-0.05, 0) is 13.0 Å². The maximum absolute atomic E-state index is 11.7. The number of amides is 4. The second kappa shape index (κ2) is 5.62. The van der Waals surface area contributed by atoms with Crippen molar-refractivity contribution in [2.45, 2.75) is 6.42 Å². The van der Waals surface area contributed by atoms with Gasteiger partial charge in [-0.1, -0.05) is 0 Å². The highest BCUT2D eigenvalue weighted by Crippen LogP contribution is 2.07. The Kier molecular flexibility index (Phi) is 4.45. The lowest BCUT2D eigenvalue weighted by Crippen LogP contribution is -2.42. The first-order chi connectivity index (χ1) is 7.97. The average molecular weight is 242 g/mol. The second-order valence-corrected chi connectivity index (χ2v) is 4.08. The molecule has 1 heterocycles. The summed E-state index contributed by atoms with van der Waals surface area (Å²) < 4.78 is 0. The normalized spacial score (nSPS) is 15.7. The van der Waals surface area contributed by atoms with Crippen LogP contribution in [0.25, 0.3) is 0 Å². The highest BCUT2D eigenvalue weighted by Gasteiger charge is 2.35. The highest BCUT2D eigenvalue weighted by atomic mass is 16.2. The van der Waals surface area contributed by atoms with E-state index in [1.54, 1.807) is 7.05 Å². The van der Waals surface area contributed by atoms with Crippen molar-refractivity contribution in [2.24, 2.45) is 5.73 Å². The molecule has 0 aromatic carbocycles. The number of carbonyl (C=O) groups excluding carboxylic acids is 3. The number of hydrogen-bond donors (Lipinski definition) is 1. The SMILES string of the molecule is CN(CCCN)C(=O)CN1C(=O)CN(C)C1=O. The minimum absolute atomic E-state index is 0.0403. The van der Waals surface area contributed by atoms with E-state index in [-0.39, 0.29) is 24.9 Å². The van der Waals surface area contributed by atoms with Crippen molar-refractivity contribution >= 4 is 17.8 Å². The maximum atomic E-state index is 11.7. The summed E-state index contributed by atoms with van der Waals surface area (Å²) >= 11 is 0. The monoisotopic (exact) mass is 242 g/mol. The molecule has 4 amide bonds. The van der Waals surface area contributed by atoms with Gasteiger partial charge in [0.2, 0.25) is 5.91 Å². The first-order valence-electron chi connectivity index (χ1n) is 5.47. The summed E-state index contributed by atoms with van der Waals surface area (Å²) in [7, 11) is 3.16. The first-order valence-corrected chi connectivity index (χ1v) is 5.47. The Balaban J connectivity index is 2.51. The van der Waals surface area contributed by atoms with E-state index in [1.165, 1.54) is 16.8 Å². The lowest BCUT2D eigenvalue weighted by molar-refractivity contribution is -0.135. The molecule has 0 aromatic heterocycles. The van der Waals surface area contributed by atoms with Crippen LogP contribution in [0.15, 0.2) is 0 Å². The van der Waals surface area contributed by atoms with Gasteiger partial charge in [-0.2, -0.15) is 0 Å². The van der Waals surface area contributed by atoms with Gasteiger partial charge in [-0.25, -0.2) is 4.79 Å². The third-order valence-electron chi connectivity index (χ3n) is 2.65. The Bertz CT molecular complexity index is 332. The molecule has 7 nitrogen and oxygen atoms in total. The number of carbonyl (C=O) groups is 3. The van der Waals surface area contributed by atoms with E-state index in [0.29, 0.717) is 19.5 Å². The van der Waals surface area contributed by atoms with E-state index < -0.39 is 6.03 Å². The summed E-state index contributed by atoms with van der Waals surface area (Å²) in [6.45, 7) is 0.880. The topological polar surface area (TPSA) is 86.9 Å². The van der Waals surface area contributed by atoms with E-state index in [9.17, 15) is 14.4 Å². The smallest absolute Gasteiger partial charge is 0.327 e. The van der Waals surface area contributed by atoms with Crippen molar-refractivity contribution in [1.29, 1.82) is 0 Å². The molecule has 1 rings (SSSR count). The largest absolute Gasteiger partial charge is 0.344 e. The molecular weight excluding hydrogens is 224 g/mol. The summed E-state index contributed by atoms with van der Waals surface area (Å²) in [5, 5.41) is 0. The zero-order valence-electron chi connectivity index (χ0n) is 10.2. The number of imide groups is 1. The van der Waals surface area contributed by atoms with Gasteiger partial charge in [0, 0.05) is 20.6 Å². The third-order valence-corrected chi connectivity index (χ3v) is 2.65. The van der Waals surface area contributed by atoms with Crippen LogP contribution in [0.2, 0.25) is 0 Å². The molecule has 1 saturated heterocycles. The molecule has 17 heavy (non-hydrogen) atoms. The molecule has 0 bridgehead atoms. The molecule has 1 aliphatic heterocycles. The summed E-state index contributed by atoms with van der Waals surface area (Å²) in [6, 6.07) is -0.421. The Morgan fingerprint density at radius 1 is 1.47 bits per heavy atom. The lowest BCUT2D eigenvalue weighted by Gasteiger charge is -2.20. The molecule has 0 atom stereocenters. The summed E-state index contributed by atoms with van der Waals surface area (Å²) in [5.41, 5.74) is 5.34. The van der Waals surface area contributed by atoms with Gasteiger partial charge in [-0.15, -0.1) is 0 Å². The number of urea groups is 1. The third kappa shape index (κ3) is 3.16. The van der Waals surface area contributed by atoms with Crippen LogP contribution in [0.1, 0.15) is 6.42 Å². The number of nitrogens with zero attached hydrogens (tertiary/aromatic N) is 3. The summed E-state index contributed by atoms with van der Waals surface area (Å²) in [6.07, 6.45) is 0.698. The Morgan fingerprint density at radius 3 is 2.59 bits per heavy atom. The van der Waals surface area contributed by atoms with E-state index in [2.05, 4.69) is 0 Å². The molecule has 0 unspecified atom stereocenters. The average Bonchev–Trinajstić information content (AvgIpc) is 2.52. The fraction of sp³-hybridized carbons (Fsp3) is 0.700. The van der Waals surface area contributed by atoms with Crippen LogP contribution in [0, 0.1) is 0 Å². The molecule has 1 fully saturated rings. The minimum atomic E-state index is -0.421. The zero-order chi connectivity index (χ0) is 13.0. The predicted molar refractivity (Wildman–Crippen MR) is 61.0 cm³/mol.